The van der Waals surface area contributed by atoms with Gasteiger partial charge in [-0.2, -0.15) is 0 Å². The number of halogens is 1. The molecule has 0 saturated carbocycles. The number of hydrogen-bond donors (Lipinski definition) is 0. The van der Waals surface area contributed by atoms with E-state index < -0.39 is 6.04 Å². The highest BCUT2D eigenvalue weighted by molar-refractivity contribution is 6.31. The van der Waals surface area contributed by atoms with Gasteiger partial charge in [0, 0.05) is 25.3 Å². The second-order valence-corrected chi connectivity index (χ2v) is 8.62. The van der Waals surface area contributed by atoms with Gasteiger partial charge in [0.1, 0.15) is 11.3 Å². The molecule has 2 heterocycles. The number of nitrogens with zero attached hydrogens (tertiary/aromatic N) is 1. The molecule has 0 fully saturated rings. The summed E-state index contributed by atoms with van der Waals surface area (Å²) in [5.74, 6) is 0.569. The van der Waals surface area contributed by atoms with Crippen molar-refractivity contribution in [3.05, 3.63) is 74.6 Å². The third kappa shape index (κ3) is 4.77. The molecule has 1 amide bonds. The van der Waals surface area contributed by atoms with Gasteiger partial charge in [-0.15, -0.1) is 0 Å². The predicted octanol–water partition coefficient (Wildman–Crippen LogP) is 5.60. The van der Waals surface area contributed by atoms with E-state index in [1.807, 2.05) is 24.3 Å². The van der Waals surface area contributed by atoms with E-state index in [1.165, 1.54) is 0 Å². The van der Waals surface area contributed by atoms with Gasteiger partial charge in [-0.3, -0.25) is 9.59 Å². The molecule has 1 unspecified atom stereocenters. The van der Waals surface area contributed by atoms with Gasteiger partial charge in [0.2, 0.25) is 5.76 Å². The molecular formula is C26H28ClNO5. The molecule has 0 N–H and O–H groups in total. The van der Waals surface area contributed by atoms with Crippen LogP contribution in [0.4, 0.5) is 0 Å². The zero-order valence-corrected chi connectivity index (χ0v) is 19.7. The average molecular weight is 470 g/mol. The van der Waals surface area contributed by atoms with E-state index in [1.54, 1.807) is 30.2 Å². The van der Waals surface area contributed by atoms with Gasteiger partial charge in [-0.05, 0) is 48.7 Å². The number of rotatable bonds is 10. The van der Waals surface area contributed by atoms with Crippen molar-refractivity contribution < 1.29 is 18.7 Å². The molecule has 7 heteroatoms. The molecule has 1 aliphatic heterocycles. The summed E-state index contributed by atoms with van der Waals surface area (Å²) < 4.78 is 16.9. The highest BCUT2D eigenvalue weighted by Crippen LogP contribution is 2.39. The SMILES string of the molecule is CCCCCOc1ccc(C2c3c(oc4ccc(Cl)cc4c3=O)C(=O)N2CCCOC)cc1. The van der Waals surface area contributed by atoms with Crippen LogP contribution < -0.4 is 10.2 Å². The number of benzene rings is 2. The van der Waals surface area contributed by atoms with E-state index in [0.29, 0.717) is 47.7 Å². The first-order chi connectivity index (χ1) is 16.0. The van der Waals surface area contributed by atoms with Gasteiger partial charge in [0.25, 0.3) is 5.91 Å². The number of unbranched alkanes of at least 4 members (excludes halogenated alkanes) is 2. The molecule has 0 spiro atoms. The van der Waals surface area contributed by atoms with Crippen molar-refractivity contribution in [2.24, 2.45) is 0 Å². The lowest BCUT2D eigenvalue weighted by Crippen LogP contribution is -2.31. The van der Waals surface area contributed by atoms with Gasteiger partial charge in [-0.25, -0.2) is 0 Å². The zero-order chi connectivity index (χ0) is 23.4. The summed E-state index contributed by atoms with van der Waals surface area (Å²) in [6.07, 6.45) is 3.92. The molecule has 3 aromatic rings. The standard InChI is InChI=1S/C26H28ClNO5/c1-3-4-5-15-32-19-10-7-17(8-11-19)23-22-24(29)20-16-18(27)9-12-21(20)33-25(22)26(30)28(23)13-6-14-31-2/h7-12,16,23H,3-6,13-15H2,1-2H3. The Balaban J connectivity index is 1.73. The summed E-state index contributed by atoms with van der Waals surface area (Å²) in [7, 11) is 1.62. The van der Waals surface area contributed by atoms with E-state index in [4.69, 9.17) is 25.5 Å². The Kier molecular flexibility index (Phi) is 7.36. The number of methoxy groups -OCH3 is 1. The van der Waals surface area contributed by atoms with Crippen LogP contribution in [0.3, 0.4) is 0 Å². The van der Waals surface area contributed by atoms with Crippen LogP contribution in [0.2, 0.25) is 5.02 Å². The van der Waals surface area contributed by atoms with Gasteiger partial charge in [0.15, 0.2) is 5.43 Å². The Hall–Kier alpha value is -2.83. The van der Waals surface area contributed by atoms with Crippen molar-refractivity contribution >= 4 is 28.5 Å². The Morgan fingerprint density at radius 2 is 1.82 bits per heavy atom. The maximum absolute atomic E-state index is 13.5. The third-order valence-electron chi connectivity index (χ3n) is 5.89. The Labute approximate surface area is 198 Å². The molecule has 6 nitrogen and oxygen atoms in total. The van der Waals surface area contributed by atoms with Crippen LogP contribution in [0.15, 0.2) is 51.7 Å². The number of carbonyl (C=O) groups is 1. The summed E-state index contributed by atoms with van der Waals surface area (Å²) in [5, 5.41) is 0.811. The lowest BCUT2D eigenvalue weighted by atomic mass is 9.98. The number of amides is 1. The second-order valence-electron chi connectivity index (χ2n) is 8.19. The van der Waals surface area contributed by atoms with Crippen LogP contribution in [0, 0.1) is 0 Å². The van der Waals surface area contributed by atoms with Crippen LogP contribution in [-0.2, 0) is 4.74 Å². The van der Waals surface area contributed by atoms with Gasteiger partial charge >= 0.3 is 0 Å². The first kappa shape index (κ1) is 23.3. The summed E-state index contributed by atoms with van der Waals surface area (Å²) >= 11 is 6.13. The first-order valence-corrected chi connectivity index (χ1v) is 11.7. The van der Waals surface area contributed by atoms with Gasteiger partial charge < -0.3 is 18.8 Å². The van der Waals surface area contributed by atoms with Crippen LogP contribution >= 0.6 is 11.6 Å². The molecule has 1 aliphatic rings. The molecule has 0 aliphatic carbocycles. The second kappa shape index (κ2) is 10.4. The fourth-order valence-corrected chi connectivity index (χ4v) is 4.41. The van der Waals surface area contributed by atoms with Crippen molar-refractivity contribution in [3.63, 3.8) is 0 Å². The van der Waals surface area contributed by atoms with Crippen LogP contribution in [0.5, 0.6) is 5.75 Å². The molecule has 2 aromatic carbocycles. The molecule has 174 valence electrons. The van der Waals surface area contributed by atoms with Crippen LogP contribution in [-0.4, -0.2) is 37.7 Å². The maximum atomic E-state index is 13.5. The lowest BCUT2D eigenvalue weighted by molar-refractivity contribution is 0.0708. The first-order valence-electron chi connectivity index (χ1n) is 11.3. The van der Waals surface area contributed by atoms with E-state index in [-0.39, 0.29) is 17.1 Å². The smallest absolute Gasteiger partial charge is 0.290 e. The largest absolute Gasteiger partial charge is 0.494 e. The van der Waals surface area contributed by atoms with E-state index in [0.717, 1.165) is 30.6 Å². The molecular weight excluding hydrogens is 442 g/mol. The zero-order valence-electron chi connectivity index (χ0n) is 18.9. The summed E-state index contributed by atoms with van der Waals surface area (Å²) in [6.45, 7) is 3.77. The summed E-state index contributed by atoms with van der Waals surface area (Å²) in [5.41, 5.74) is 1.30. The molecule has 1 aromatic heterocycles. The van der Waals surface area contributed by atoms with E-state index in [2.05, 4.69) is 6.92 Å². The molecule has 0 saturated heterocycles. The minimum Gasteiger partial charge on any atom is -0.494 e. The van der Waals surface area contributed by atoms with Crippen molar-refractivity contribution in [1.82, 2.24) is 4.90 Å². The Morgan fingerprint density at radius 3 is 2.55 bits per heavy atom. The highest BCUT2D eigenvalue weighted by Gasteiger charge is 2.42. The van der Waals surface area contributed by atoms with Crippen molar-refractivity contribution in [2.45, 2.75) is 38.6 Å². The fourth-order valence-electron chi connectivity index (χ4n) is 4.24. The highest BCUT2D eigenvalue weighted by atomic mass is 35.5. The molecule has 0 bridgehead atoms. The van der Waals surface area contributed by atoms with E-state index in [9.17, 15) is 9.59 Å². The number of carbonyl (C=O) groups excluding carboxylic acids is 1. The summed E-state index contributed by atoms with van der Waals surface area (Å²) in [4.78, 5) is 28.5. The van der Waals surface area contributed by atoms with Crippen LogP contribution in [0.1, 0.15) is 60.3 Å². The number of fused-ring (bicyclic) bond motifs is 2. The summed E-state index contributed by atoms with van der Waals surface area (Å²) in [6, 6.07) is 11.9. The Bertz CT molecular complexity index is 1190. The van der Waals surface area contributed by atoms with E-state index >= 15 is 0 Å². The minimum atomic E-state index is -0.543. The quantitative estimate of drug-likeness (QED) is 0.361. The van der Waals surface area contributed by atoms with Crippen molar-refractivity contribution in [1.29, 1.82) is 0 Å². The van der Waals surface area contributed by atoms with Crippen molar-refractivity contribution in [2.75, 3.05) is 26.9 Å². The minimum absolute atomic E-state index is 0.0946. The molecule has 4 rings (SSSR count). The molecule has 1 atom stereocenters. The predicted molar refractivity (Wildman–Crippen MR) is 128 cm³/mol. The van der Waals surface area contributed by atoms with Crippen molar-refractivity contribution in [3.8, 4) is 5.75 Å². The lowest BCUT2D eigenvalue weighted by Gasteiger charge is -2.25. The average Bonchev–Trinajstić information content (AvgIpc) is 3.10. The maximum Gasteiger partial charge on any atom is 0.290 e. The fraction of sp³-hybridized carbons (Fsp3) is 0.385. The normalized spacial score (nSPS) is 15.3. The topological polar surface area (TPSA) is 69.0 Å². The molecule has 0 radical (unpaired) electrons. The Morgan fingerprint density at radius 1 is 1.03 bits per heavy atom. The number of hydrogen-bond acceptors (Lipinski definition) is 5. The molecule has 33 heavy (non-hydrogen) atoms. The van der Waals surface area contributed by atoms with Gasteiger partial charge in [-0.1, -0.05) is 43.5 Å². The number of ether oxygens (including phenoxy) is 2. The monoisotopic (exact) mass is 469 g/mol. The van der Waals surface area contributed by atoms with Crippen LogP contribution in [0.25, 0.3) is 11.0 Å². The van der Waals surface area contributed by atoms with Gasteiger partial charge in [0.05, 0.1) is 23.6 Å². The third-order valence-corrected chi connectivity index (χ3v) is 6.12.